The molecule has 0 atom stereocenters. The van der Waals surface area contributed by atoms with E-state index in [1.54, 1.807) is 0 Å². The SMILES string of the molecule is O=C(Nc1nc2ccccc2s1)c1ccc(Cl)c([N+](=O)[O-])c1. The number of anilines is 1. The smallest absolute Gasteiger partial charge is 0.288 e. The first-order valence-electron chi connectivity index (χ1n) is 6.15. The zero-order chi connectivity index (χ0) is 15.7. The second-order valence-corrected chi connectivity index (χ2v) is 5.80. The molecule has 110 valence electrons. The van der Waals surface area contributed by atoms with Gasteiger partial charge in [0.2, 0.25) is 0 Å². The van der Waals surface area contributed by atoms with E-state index in [0.717, 1.165) is 16.3 Å². The van der Waals surface area contributed by atoms with E-state index in [0.29, 0.717) is 5.13 Å². The van der Waals surface area contributed by atoms with E-state index in [1.165, 1.54) is 23.5 Å². The van der Waals surface area contributed by atoms with Gasteiger partial charge in [-0.3, -0.25) is 20.2 Å². The summed E-state index contributed by atoms with van der Waals surface area (Å²) in [4.78, 5) is 26.7. The first-order chi connectivity index (χ1) is 10.5. The second-order valence-electron chi connectivity index (χ2n) is 4.36. The molecular weight excluding hydrogens is 326 g/mol. The van der Waals surface area contributed by atoms with Crippen molar-refractivity contribution in [2.24, 2.45) is 0 Å². The van der Waals surface area contributed by atoms with E-state index in [1.807, 2.05) is 24.3 Å². The van der Waals surface area contributed by atoms with Crippen molar-refractivity contribution in [2.75, 3.05) is 5.32 Å². The van der Waals surface area contributed by atoms with Gasteiger partial charge in [-0.05, 0) is 24.3 Å². The Balaban J connectivity index is 1.88. The summed E-state index contributed by atoms with van der Waals surface area (Å²) in [5.74, 6) is -0.473. The van der Waals surface area contributed by atoms with Crippen LogP contribution in [0.2, 0.25) is 5.02 Å². The van der Waals surface area contributed by atoms with Gasteiger partial charge in [-0.1, -0.05) is 35.1 Å². The molecule has 22 heavy (non-hydrogen) atoms. The summed E-state index contributed by atoms with van der Waals surface area (Å²) in [6.07, 6.45) is 0. The fraction of sp³-hybridized carbons (Fsp3) is 0. The van der Waals surface area contributed by atoms with E-state index in [2.05, 4.69) is 10.3 Å². The average Bonchev–Trinajstić information content (AvgIpc) is 2.89. The van der Waals surface area contributed by atoms with Crippen molar-refractivity contribution in [3.63, 3.8) is 0 Å². The number of nitro benzene ring substituents is 1. The highest BCUT2D eigenvalue weighted by Gasteiger charge is 2.17. The van der Waals surface area contributed by atoms with Crippen LogP contribution in [0, 0.1) is 10.1 Å². The van der Waals surface area contributed by atoms with E-state index < -0.39 is 10.8 Å². The molecule has 0 aliphatic rings. The average molecular weight is 334 g/mol. The number of rotatable bonds is 3. The number of amides is 1. The molecule has 1 heterocycles. The van der Waals surface area contributed by atoms with E-state index in [9.17, 15) is 14.9 Å². The lowest BCUT2D eigenvalue weighted by atomic mass is 10.2. The van der Waals surface area contributed by atoms with Gasteiger partial charge in [0, 0.05) is 11.6 Å². The van der Waals surface area contributed by atoms with Crippen molar-refractivity contribution >= 4 is 49.9 Å². The Morgan fingerprint density at radius 2 is 2.05 bits per heavy atom. The molecular formula is C14H8ClN3O3S. The van der Waals surface area contributed by atoms with Crippen LogP contribution in [0.15, 0.2) is 42.5 Å². The largest absolute Gasteiger partial charge is 0.298 e. The monoisotopic (exact) mass is 333 g/mol. The molecule has 3 aromatic rings. The predicted molar refractivity (Wildman–Crippen MR) is 85.7 cm³/mol. The molecule has 0 saturated heterocycles. The molecule has 0 bridgehead atoms. The Hall–Kier alpha value is -2.51. The van der Waals surface area contributed by atoms with Crippen LogP contribution in [0.1, 0.15) is 10.4 Å². The number of hydrogen-bond donors (Lipinski definition) is 1. The van der Waals surface area contributed by atoms with Crippen LogP contribution in [0.4, 0.5) is 10.8 Å². The number of hydrogen-bond acceptors (Lipinski definition) is 5. The van der Waals surface area contributed by atoms with Crippen molar-refractivity contribution in [3.8, 4) is 0 Å². The molecule has 0 aliphatic heterocycles. The molecule has 6 nitrogen and oxygen atoms in total. The maximum atomic E-state index is 12.2. The number of nitrogens with zero attached hydrogens (tertiary/aromatic N) is 2. The van der Waals surface area contributed by atoms with Gasteiger partial charge in [0.1, 0.15) is 5.02 Å². The Morgan fingerprint density at radius 3 is 2.77 bits per heavy atom. The normalized spacial score (nSPS) is 10.6. The minimum absolute atomic E-state index is 0.0125. The number of benzene rings is 2. The van der Waals surface area contributed by atoms with Crippen LogP contribution < -0.4 is 5.32 Å². The molecule has 1 aromatic heterocycles. The lowest BCUT2D eigenvalue weighted by Gasteiger charge is -2.02. The number of nitrogens with one attached hydrogen (secondary N) is 1. The Morgan fingerprint density at radius 1 is 1.27 bits per heavy atom. The summed E-state index contributed by atoms with van der Waals surface area (Å²) in [5, 5.41) is 13.9. The predicted octanol–water partition coefficient (Wildman–Crippen LogP) is 4.11. The zero-order valence-electron chi connectivity index (χ0n) is 10.9. The van der Waals surface area contributed by atoms with Gasteiger partial charge in [-0.15, -0.1) is 0 Å². The lowest BCUT2D eigenvalue weighted by molar-refractivity contribution is -0.384. The minimum Gasteiger partial charge on any atom is -0.298 e. The van der Waals surface area contributed by atoms with Gasteiger partial charge in [0.05, 0.1) is 15.1 Å². The molecule has 2 aromatic carbocycles. The number of para-hydroxylation sites is 1. The quantitative estimate of drug-likeness (QED) is 0.577. The molecule has 0 saturated carbocycles. The van der Waals surface area contributed by atoms with Crippen molar-refractivity contribution < 1.29 is 9.72 Å². The van der Waals surface area contributed by atoms with Gasteiger partial charge in [0.15, 0.2) is 5.13 Å². The first kappa shape index (κ1) is 14.4. The van der Waals surface area contributed by atoms with Gasteiger partial charge < -0.3 is 0 Å². The summed E-state index contributed by atoms with van der Waals surface area (Å²) in [6.45, 7) is 0. The maximum Gasteiger partial charge on any atom is 0.288 e. The highest BCUT2D eigenvalue weighted by molar-refractivity contribution is 7.22. The molecule has 0 fully saturated rings. The second kappa shape index (κ2) is 5.70. The fourth-order valence-electron chi connectivity index (χ4n) is 1.89. The highest BCUT2D eigenvalue weighted by Crippen LogP contribution is 2.28. The van der Waals surface area contributed by atoms with Crippen molar-refractivity contribution in [3.05, 3.63) is 63.2 Å². The first-order valence-corrected chi connectivity index (χ1v) is 7.35. The number of fused-ring (bicyclic) bond motifs is 1. The maximum absolute atomic E-state index is 12.2. The van der Waals surface area contributed by atoms with Crippen LogP contribution >= 0.6 is 22.9 Å². The van der Waals surface area contributed by atoms with Crippen LogP contribution in [0.5, 0.6) is 0 Å². The van der Waals surface area contributed by atoms with Gasteiger partial charge >= 0.3 is 0 Å². The van der Waals surface area contributed by atoms with Gasteiger partial charge in [-0.2, -0.15) is 0 Å². The Kier molecular flexibility index (Phi) is 3.74. The molecule has 0 radical (unpaired) electrons. The zero-order valence-corrected chi connectivity index (χ0v) is 12.5. The summed E-state index contributed by atoms with van der Waals surface area (Å²) < 4.78 is 0.944. The van der Waals surface area contributed by atoms with E-state index >= 15 is 0 Å². The topological polar surface area (TPSA) is 85.1 Å². The van der Waals surface area contributed by atoms with Gasteiger partial charge in [0.25, 0.3) is 11.6 Å². The summed E-state index contributed by atoms with van der Waals surface area (Å²) in [6, 6.07) is 11.4. The fourth-order valence-corrected chi connectivity index (χ4v) is 2.94. The molecule has 1 N–H and O–H groups in total. The Bertz CT molecular complexity index is 861. The third kappa shape index (κ3) is 2.76. The number of halogens is 1. The standard InChI is InChI=1S/C14H8ClN3O3S/c15-9-6-5-8(7-11(9)18(20)21)13(19)17-14-16-10-3-1-2-4-12(10)22-14/h1-7H,(H,16,17,19). The molecule has 0 unspecified atom stereocenters. The van der Waals surface area contributed by atoms with Gasteiger partial charge in [-0.25, -0.2) is 4.98 Å². The number of carbonyl (C=O) groups is 1. The lowest BCUT2D eigenvalue weighted by Crippen LogP contribution is -2.11. The highest BCUT2D eigenvalue weighted by atomic mass is 35.5. The molecule has 1 amide bonds. The van der Waals surface area contributed by atoms with E-state index in [-0.39, 0.29) is 16.3 Å². The van der Waals surface area contributed by atoms with Crippen molar-refractivity contribution in [1.29, 1.82) is 0 Å². The summed E-state index contributed by atoms with van der Waals surface area (Å²) in [7, 11) is 0. The van der Waals surface area contributed by atoms with E-state index in [4.69, 9.17) is 11.6 Å². The molecule has 0 aliphatic carbocycles. The number of carbonyl (C=O) groups excluding carboxylic acids is 1. The third-order valence-electron chi connectivity index (χ3n) is 2.92. The molecule has 3 rings (SSSR count). The summed E-state index contributed by atoms with van der Waals surface area (Å²) in [5.41, 5.74) is 0.624. The number of thiazole rings is 1. The van der Waals surface area contributed by atoms with Crippen LogP contribution in [0.25, 0.3) is 10.2 Å². The van der Waals surface area contributed by atoms with Crippen LogP contribution in [0.3, 0.4) is 0 Å². The molecule has 0 spiro atoms. The minimum atomic E-state index is -0.628. The third-order valence-corrected chi connectivity index (χ3v) is 4.19. The van der Waals surface area contributed by atoms with Crippen LogP contribution in [-0.4, -0.2) is 15.8 Å². The summed E-state index contributed by atoms with van der Waals surface area (Å²) >= 11 is 7.06. The molecule has 8 heteroatoms. The number of aromatic nitrogens is 1. The van der Waals surface area contributed by atoms with Crippen molar-refractivity contribution in [1.82, 2.24) is 4.98 Å². The Labute approximate surface area is 133 Å². The number of nitro groups is 1. The van der Waals surface area contributed by atoms with Crippen molar-refractivity contribution in [2.45, 2.75) is 0 Å². The van der Waals surface area contributed by atoms with Crippen LogP contribution in [-0.2, 0) is 0 Å².